The zero-order valence-electron chi connectivity index (χ0n) is 12.5. The van der Waals surface area contributed by atoms with E-state index in [0.29, 0.717) is 11.4 Å². The number of carbonyl (C=O) groups excluding carboxylic acids is 1. The average molecular weight is 309 g/mol. The number of aromatic carboxylic acids is 1. The second-order valence-corrected chi connectivity index (χ2v) is 5.31. The molecule has 2 heterocycles. The number of aryl methyl sites for hydroxylation is 1. The molecule has 0 aliphatic rings. The molecule has 0 aliphatic heterocycles. The number of carboxylic acid groups (broad SMARTS) is 1. The van der Waals surface area contributed by atoms with Crippen molar-refractivity contribution in [2.24, 2.45) is 0 Å². The first-order valence-corrected chi connectivity index (χ1v) is 7.09. The standard InChI is InChI=1S/C17H15N3O3/c1-11-6-7-20-10-14(18-15(20)8-11)9-16(21)19-13-4-2-12(3-5-13)17(22)23/h2-8,10H,9H2,1H3,(H,19,21)(H,22,23). The third kappa shape index (κ3) is 3.37. The molecule has 23 heavy (non-hydrogen) atoms. The summed E-state index contributed by atoms with van der Waals surface area (Å²) in [6, 6.07) is 9.95. The Kier molecular flexibility index (Phi) is 3.80. The highest BCUT2D eigenvalue weighted by Crippen LogP contribution is 2.12. The van der Waals surface area contributed by atoms with Crippen LogP contribution in [0.15, 0.2) is 48.8 Å². The van der Waals surface area contributed by atoms with Crippen LogP contribution in [0, 0.1) is 6.92 Å². The fourth-order valence-corrected chi connectivity index (χ4v) is 2.29. The predicted molar refractivity (Wildman–Crippen MR) is 85.7 cm³/mol. The van der Waals surface area contributed by atoms with E-state index >= 15 is 0 Å². The van der Waals surface area contributed by atoms with E-state index in [4.69, 9.17) is 5.11 Å². The lowest BCUT2D eigenvalue weighted by Crippen LogP contribution is -2.14. The van der Waals surface area contributed by atoms with Crippen molar-refractivity contribution in [1.82, 2.24) is 9.38 Å². The van der Waals surface area contributed by atoms with Crippen LogP contribution in [0.2, 0.25) is 0 Å². The molecule has 2 aromatic heterocycles. The van der Waals surface area contributed by atoms with Gasteiger partial charge in [0.25, 0.3) is 0 Å². The lowest BCUT2D eigenvalue weighted by atomic mass is 10.2. The first kappa shape index (κ1) is 14.8. The highest BCUT2D eigenvalue weighted by molar-refractivity contribution is 5.93. The van der Waals surface area contributed by atoms with Gasteiger partial charge in [-0.3, -0.25) is 4.79 Å². The molecule has 1 amide bonds. The Bertz CT molecular complexity index is 882. The molecule has 2 N–H and O–H groups in total. The highest BCUT2D eigenvalue weighted by Gasteiger charge is 2.09. The molecule has 0 spiro atoms. The molecular formula is C17H15N3O3. The Balaban J connectivity index is 1.69. The monoisotopic (exact) mass is 309 g/mol. The summed E-state index contributed by atoms with van der Waals surface area (Å²) in [5, 5.41) is 11.6. The number of pyridine rings is 1. The molecule has 1 aromatic carbocycles. The summed E-state index contributed by atoms with van der Waals surface area (Å²) in [6.07, 6.45) is 3.88. The lowest BCUT2D eigenvalue weighted by Gasteiger charge is -2.04. The minimum absolute atomic E-state index is 0.154. The predicted octanol–water partition coefficient (Wildman–Crippen LogP) is 2.52. The number of nitrogens with one attached hydrogen (secondary N) is 1. The van der Waals surface area contributed by atoms with E-state index in [-0.39, 0.29) is 17.9 Å². The Morgan fingerprint density at radius 2 is 1.96 bits per heavy atom. The molecule has 0 saturated carbocycles. The van der Waals surface area contributed by atoms with Gasteiger partial charge in [-0.25, -0.2) is 9.78 Å². The van der Waals surface area contributed by atoms with Crippen molar-refractivity contribution >= 4 is 23.2 Å². The quantitative estimate of drug-likeness (QED) is 0.775. The number of nitrogens with zero attached hydrogens (tertiary/aromatic N) is 2. The van der Waals surface area contributed by atoms with Crippen LogP contribution in [0.5, 0.6) is 0 Å². The van der Waals surface area contributed by atoms with E-state index < -0.39 is 5.97 Å². The molecule has 3 rings (SSSR count). The topological polar surface area (TPSA) is 83.7 Å². The fourth-order valence-electron chi connectivity index (χ4n) is 2.29. The number of amides is 1. The zero-order valence-corrected chi connectivity index (χ0v) is 12.5. The molecule has 0 unspecified atom stereocenters. The van der Waals surface area contributed by atoms with Crippen molar-refractivity contribution in [3.8, 4) is 0 Å². The molecule has 0 aliphatic carbocycles. The number of aromatic nitrogens is 2. The van der Waals surface area contributed by atoms with Crippen molar-refractivity contribution < 1.29 is 14.7 Å². The van der Waals surface area contributed by atoms with Gasteiger partial charge in [0.15, 0.2) is 0 Å². The molecule has 0 bridgehead atoms. The number of fused-ring (bicyclic) bond motifs is 1. The lowest BCUT2D eigenvalue weighted by molar-refractivity contribution is -0.115. The van der Waals surface area contributed by atoms with Crippen LogP contribution in [-0.2, 0) is 11.2 Å². The number of carboxylic acids is 1. The number of imidazole rings is 1. The number of anilines is 1. The van der Waals surface area contributed by atoms with Gasteiger partial charge in [-0.15, -0.1) is 0 Å². The summed E-state index contributed by atoms with van der Waals surface area (Å²) in [5.74, 6) is -1.20. The Morgan fingerprint density at radius 3 is 2.65 bits per heavy atom. The molecule has 6 heteroatoms. The van der Waals surface area contributed by atoms with Crippen molar-refractivity contribution in [2.45, 2.75) is 13.3 Å². The van der Waals surface area contributed by atoms with Crippen molar-refractivity contribution in [3.63, 3.8) is 0 Å². The summed E-state index contributed by atoms with van der Waals surface area (Å²) in [7, 11) is 0. The van der Waals surface area contributed by atoms with Gasteiger partial charge >= 0.3 is 5.97 Å². The van der Waals surface area contributed by atoms with E-state index in [1.807, 2.05) is 35.9 Å². The van der Waals surface area contributed by atoms with Crippen LogP contribution in [0.1, 0.15) is 21.6 Å². The molecule has 0 radical (unpaired) electrons. The molecule has 3 aromatic rings. The van der Waals surface area contributed by atoms with Gasteiger partial charge in [0.2, 0.25) is 5.91 Å². The molecule has 6 nitrogen and oxygen atoms in total. The van der Waals surface area contributed by atoms with E-state index in [1.165, 1.54) is 12.1 Å². The summed E-state index contributed by atoms with van der Waals surface area (Å²) in [6.45, 7) is 1.99. The highest BCUT2D eigenvalue weighted by atomic mass is 16.4. The van der Waals surface area contributed by atoms with Crippen molar-refractivity contribution in [2.75, 3.05) is 5.32 Å². The first-order chi connectivity index (χ1) is 11.0. The maximum absolute atomic E-state index is 12.1. The molecule has 0 atom stereocenters. The number of hydrogen-bond donors (Lipinski definition) is 2. The van der Waals surface area contributed by atoms with Gasteiger partial charge in [-0.1, -0.05) is 0 Å². The van der Waals surface area contributed by atoms with Gasteiger partial charge in [-0.05, 0) is 48.9 Å². The second kappa shape index (κ2) is 5.92. The van der Waals surface area contributed by atoms with Crippen LogP contribution in [-0.4, -0.2) is 26.4 Å². The fraction of sp³-hybridized carbons (Fsp3) is 0.118. The van der Waals surface area contributed by atoms with Gasteiger partial charge in [0.1, 0.15) is 5.65 Å². The van der Waals surface area contributed by atoms with Crippen molar-refractivity contribution in [3.05, 3.63) is 65.6 Å². The summed E-state index contributed by atoms with van der Waals surface area (Å²) >= 11 is 0. The van der Waals surface area contributed by atoms with Crippen LogP contribution in [0.3, 0.4) is 0 Å². The third-order valence-corrected chi connectivity index (χ3v) is 3.42. The molecule has 116 valence electrons. The number of carbonyl (C=O) groups is 2. The summed E-state index contributed by atoms with van der Waals surface area (Å²) < 4.78 is 1.87. The van der Waals surface area contributed by atoms with Crippen LogP contribution in [0.25, 0.3) is 5.65 Å². The van der Waals surface area contributed by atoms with Gasteiger partial charge in [0.05, 0.1) is 17.7 Å². The molecular weight excluding hydrogens is 294 g/mol. The minimum atomic E-state index is -0.997. The van der Waals surface area contributed by atoms with Gasteiger partial charge in [0, 0.05) is 18.1 Å². The third-order valence-electron chi connectivity index (χ3n) is 3.42. The van der Waals surface area contributed by atoms with Crippen LogP contribution < -0.4 is 5.32 Å². The van der Waals surface area contributed by atoms with E-state index in [9.17, 15) is 9.59 Å². The van der Waals surface area contributed by atoms with E-state index in [2.05, 4.69) is 10.3 Å². The zero-order chi connectivity index (χ0) is 16.4. The average Bonchev–Trinajstić information content (AvgIpc) is 2.88. The van der Waals surface area contributed by atoms with E-state index in [0.717, 1.165) is 11.2 Å². The van der Waals surface area contributed by atoms with Crippen LogP contribution >= 0.6 is 0 Å². The molecule has 0 saturated heterocycles. The largest absolute Gasteiger partial charge is 0.478 e. The normalized spacial score (nSPS) is 10.7. The van der Waals surface area contributed by atoms with Gasteiger partial charge < -0.3 is 14.8 Å². The smallest absolute Gasteiger partial charge is 0.335 e. The Labute approximate surface area is 132 Å². The second-order valence-electron chi connectivity index (χ2n) is 5.31. The Morgan fingerprint density at radius 1 is 1.22 bits per heavy atom. The Hall–Kier alpha value is -3.15. The molecule has 0 fully saturated rings. The number of benzene rings is 1. The SMILES string of the molecule is Cc1ccn2cc(CC(=O)Nc3ccc(C(=O)O)cc3)nc2c1. The minimum Gasteiger partial charge on any atom is -0.478 e. The van der Waals surface area contributed by atoms with E-state index in [1.54, 1.807) is 12.1 Å². The first-order valence-electron chi connectivity index (χ1n) is 7.09. The van der Waals surface area contributed by atoms with Crippen LogP contribution in [0.4, 0.5) is 5.69 Å². The number of rotatable bonds is 4. The summed E-state index contributed by atoms with van der Waals surface area (Å²) in [5.41, 5.74) is 3.32. The van der Waals surface area contributed by atoms with Gasteiger partial charge in [-0.2, -0.15) is 0 Å². The number of hydrogen-bond acceptors (Lipinski definition) is 3. The van der Waals surface area contributed by atoms with Crippen molar-refractivity contribution in [1.29, 1.82) is 0 Å². The maximum Gasteiger partial charge on any atom is 0.335 e. The maximum atomic E-state index is 12.1. The summed E-state index contributed by atoms with van der Waals surface area (Å²) in [4.78, 5) is 27.3.